The molecule has 1 aliphatic rings. The molecule has 0 aliphatic carbocycles. The number of pyridine rings is 3. The first-order chi connectivity index (χ1) is 15.6. The number of ether oxygens (including phenoxy) is 1. The standard InChI is InChI=1S/C21H23N7O3S/c1-32-21-23-20(24-25-21)28-8-4-17-15(19(28)30)13-14-16(22-17)3-7-27(18(14)29)6-2-5-26-9-11-31-12-10-26/h3-4,7-8,13H,2,5-6,9-12H2,1H3,(H,23,24,25). The second-order valence-electron chi connectivity index (χ2n) is 7.61. The maximum absolute atomic E-state index is 13.1. The van der Waals surface area contributed by atoms with Crippen molar-refractivity contribution in [2.75, 3.05) is 39.1 Å². The van der Waals surface area contributed by atoms with Gasteiger partial charge in [0.1, 0.15) is 0 Å². The van der Waals surface area contributed by atoms with Crippen LogP contribution >= 0.6 is 11.8 Å². The largest absolute Gasteiger partial charge is 0.379 e. The third kappa shape index (κ3) is 3.94. The lowest BCUT2D eigenvalue weighted by Crippen LogP contribution is -2.37. The van der Waals surface area contributed by atoms with Crippen LogP contribution in [0, 0.1) is 0 Å². The minimum absolute atomic E-state index is 0.141. The molecule has 0 amide bonds. The maximum Gasteiger partial charge on any atom is 0.266 e. The van der Waals surface area contributed by atoms with Crippen molar-refractivity contribution < 1.29 is 4.74 Å². The Labute approximate surface area is 187 Å². The monoisotopic (exact) mass is 453 g/mol. The first-order valence-electron chi connectivity index (χ1n) is 10.5. The average molecular weight is 454 g/mol. The van der Waals surface area contributed by atoms with Gasteiger partial charge in [-0.25, -0.2) is 10.1 Å². The van der Waals surface area contributed by atoms with E-state index in [2.05, 4.69) is 25.1 Å². The molecule has 0 bridgehead atoms. The Hall–Kier alpha value is -3.02. The molecule has 1 fully saturated rings. The van der Waals surface area contributed by atoms with E-state index in [1.807, 2.05) is 12.3 Å². The van der Waals surface area contributed by atoms with E-state index >= 15 is 0 Å². The Morgan fingerprint density at radius 1 is 1.03 bits per heavy atom. The Morgan fingerprint density at radius 3 is 2.53 bits per heavy atom. The van der Waals surface area contributed by atoms with Crippen LogP contribution in [0.1, 0.15) is 6.42 Å². The smallest absolute Gasteiger partial charge is 0.266 e. The minimum Gasteiger partial charge on any atom is -0.379 e. The Morgan fingerprint density at radius 2 is 1.78 bits per heavy atom. The normalized spacial score (nSPS) is 15.0. The van der Waals surface area contributed by atoms with Gasteiger partial charge in [0.15, 0.2) is 0 Å². The lowest BCUT2D eigenvalue weighted by molar-refractivity contribution is 0.0369. The topological polar surface area (TPSA) is 111 Å². The van der Waals surface area contributed by atoms with Crippen molar-refractivity contribution in [3.63, 3.8) is 0 Å². The van der Waals surface area contributed by atoms with E-state index in [1.54, 1.807) is 29.1 Å². The number of hydrogen-bond acceptors (Lipinski definition) is 8. The van der Waals surface area contributed by atoms with Crippen molar-refractivity contribution in [1.82, 2.24) is 34.2 Å². The fourth-order valence-corrected chi connectivity index (χ4v) is 4.25. The number of aryl methyl sites for hydroxylation is 1. The fourth-order valence-electron chi connectivity index (χ4n) is 3.93. The number of H-pyrrole nitrogens is 1. The first-order valence-corrected chi connectivity index (χ1v) is 11.7. The molecule has 5 heterocycles. The summed E-state index contributed by atoms with van der Waals surface area (Å²) in [5.74, 6) is 0.329. The second kappa shape index (κ2) is 8.85. The van der Waals surface area contributed by atoms with Gasteiger partial charge < -0.3 is 9.30 Å². The van der Waals surface area contributed by atoms with E-state index in [0.717, 1.165) is 39.3 Å². The van der Waals surface area contributed by atoms with Crippen LogP contribution < -0.4 is 11.1 Å². The zero-order valence-electron chi connectivity index (χ0n) is 17.7. The number of nitrogens with one attached hydrogen (secondary N) is 1. The van der Waals surface area contributed by atoms with Gasteiger partial charge in [0.25, 0.3) is 11.1 Å². The van der Waals surface area contributed by atoms with Gasteiger partial charge in [0, 0.05) is 38.6 Å². The summed E-state index contributed by atoms with van der Waals surface area (Å²) >= 11 is 1.38. The van der Waals surface area contributed by atoms with Crippen LogP contribution in [0.5, 0.6) is 0 Å². The zero-order chi connectivity index (χ0) is 22.1. The van der Waals surface area contributed by atoms with Crippen LogP contribution in [0.15, 0.2) is 45.3 Å². The van der Waals surface area contributed by atoms with Crippen molar-refractivity contribution in [2.45, 2.75) is 18.1 Å². The highest BCUT2D eigenvalue weighted by Gasteiger charge is 2.13. The van der Waals surface area contributed by atoms with Crippen LogP contribution in [0.25, 0.3) is 27.8 Å². The zero-order valence-corrected chi connectivity index (χ0v) is 18.5. The van der Waals surface area contributed by atoms with Gasteiger partial charge in [-0.3, -0.25) is 19.1 Å². The number of fused-ring (bicyclic) bond motifs is 2. The molecule has 1 saturated heterocycles. The molecular formula is C21H23N7O3S. The number of aromatic amines is 1. The van der Waals surface area contributed by atoms with E-state index in [4.69, 9.17) is 4.74 Å². The van der Waals surface area contributed by atoms with Gasteiger partial charge >= 0.3 is 0 Å². The van der Waals surface area contributed by atoms with Crippen molar-refractivity contribution in [1.29, 1.82) is 0 Å². The summed E-state index contributed by atoms with van der Waals surface area (Å²) < 4.78 is 8.45. The van der Waals surface area contributed by atoms with E-state index < -0.39 is 0 Å². The average Bonchev–Trinajstić information content (AvgIpc) is 3.30. The molecule has 0 radical (unpaired) electrons. The van der Waals surface area contributed by atoms with Crippen molar-refractivity contribution in [3.05, 3.63) is 51.3 Å². The molecule has 4 aromatic heterocycles. The highest BCUT2D eigenvalue weighted by molar-refractivity contribution is 7.98. The van der Waals surface area contributed by atoms with Crippen molar-refractivity contribution in [2.24, 2.45) is 0 Å². The number of hydrogen-bond donors (Lipinski definition) is 1. The van der Waals surface area contributed by atoms with E-state index in [9.17, 15) is 9.59 Å². The minimum atomic E-state index is -0.303. The summed E-state index contributed by atoms with van der Waals surface area (Å²) in [6.45, 7) is 4.91. The SMILES string of the molecule is CSc1n[nH]c(-n2ccc3nc4ccn(CCCN5CCOCC5)c(=O)c4cc3c2=O)n1. The summed E-state index contributed by atoms with van der Waals surface area (Å²) in [5.41, 5.74) is 0.669. The van der Waals surface area contributed by atoms with Gasteiger partial charge in [-0.2, -0.15) is 4.98 Å². The number of aromatic nitrogens is 6. The molecule has 166 valence electrons. The molecule has 1 N–H and O–H groups in total. The molecule has 4 aromatic rings. The molecule has 0 aromatic carbocycles. The molecule has 1 aliphatic heterocycles. The van der Waals surface area contributed by atoms with E-state index in [0.29, 0.717) is 39.5 Å². The number of thioether (sulfide) groups is 1. The van der Waals surface area contributed by atoms with Gasteiger partial charge in [-0.15, -0.1) is 5.10 Å². The lowest BCUT2D eigenvalue weighted by atomic mass is 10.2. The Bertz CT molecular complexity index is 1390. The predicted octanol–water partition coefficient (Wildman–Crippen LogP) is 1.26. The Kier molecular flexibility index (Phi) is 5.77. The number of nitrogens with zero attached hydrogens (tertiary/aromatic N) is 6. The van der Waals surface area contributed by atoms with Gasteiger partial charge in [-0.05, 0) is 30.9 Å². The lowest BCUT2D eigenvalue weighted by Gasteiger charge is -2.26. The van der Waals surface area contributed by atoms with Gasteiger partial charge in [0.2, 0.25) is 11.1 Å². The predicted molar refractivity (Wildman–Crippen MR) is 123 cm³/mol. The summed E-state index contributed by atoms with van der Waals surface area (Å²) in [6, 6.07) is 5.21. The molecule has 5 rings (SSSR count). The van der Waals surface area contributed by atoms with E-state index in [-0.39, 0.29) is 11.1 Å². The van der Waals surface area contributed by atoms with Crippen LogP contribution in [-0.4, -0.2) is 73.3 Å². The van der Waals surface area contributed by atoms with Crippen LogP contribution in [0.2, 0.25) is 0 Å². The summed E-state index contributed by atoms with van der Waals surface area (Å²) in [4.78, 5) is 37.4. The van der Waals surface area contributed by atoms with Crippen LogP contribution in [0.3, 0.4) is 0 Å². The molecule has 0 atom stereocenters. The molecule has 11 heteroatoms. The molecule has 0 saturated carbocycles. The van der Waals surface area contributed by atoms with Gasteiger partial charge in [-0.1, -0.05) is 11.8 Å². The van der Waals surface area contributed by atoms with Crippen LogP contribution in [-0.2, 0) is 11.3 Å². The van der Waals surface area contributed by atoms with E-state index in [1.165, 1.54) is 16.3 Å². The highest BCUT2D eigenvalue weighted by atomic mass is 32.2. The molecule has 0 spiro atoms. The third-order valence-electron chi connectivity index (χ3n) is 5.66. The second-order valence-corrected chi connectivity index (χ2v) is 8.39. The number of rotatable bonds is 6. The fraction of sp³-hybridized carbons (Fsp3) is 0.381. The van der Waals surface area contributed by atoms with Gasteiger partial charge in [0.05, 0.1) is 35.0 Å². The summed E-state index contributed by atoms with van der Waals surface area (Å²) in [6.07, 6.45) is 6.12. The maximum atomic E-state index is 13.1. The molecular weight excluding hydrogens is 430 g/mol. The van der Waals surface area contributed by atoms with Crippen LogP contribution in [0.4, 0.5) is 0 Å². The quantitative estimate of drug-likeness (QED) is 0.343. The number of morpholine rings is 1. The molecule has 10 nitrogen and oxygen atoms in total. The van der Waals surface area contributed by atoms with Crippen molar-refractivity contribution in [3.8, 4) is 5.95 Å². The summed E-state index contributed by atoms with van der Waals surface area (Å²) in [7, 11) is 0. The highest BCUT2D eigenvalue weighted by Crippen LogP contribution is 2.16. The first kappa shape index (κ1) is 20.9. The van der Waals surface area contributed by atoms with Crippen molar-refractivity contribution >= 4 is 33.6 Å². The molecule has 0 unspecified atom stereocenters. The summed E-state index contributed by atoms with van der Waals surface area (Å²) in [5, 5.41) is 8.17. The molecule has 32 heavy (non-hydrogen) atoms. The third-order valence-corrected chi connectivity index (χ3v) is 6.20. The Balaban J connectivity index is 1.48.